The molecule has 0 saturated heterocycles. The largest absolute Gasteiger partial charge is 0.349 e. The maximum atomic E-state index is 13.0. The van der Waals surface area contributed by atoms with Gasteiger partial charge in [0.25, 0.3) is 21.8 Å². The molecule has 0 atom stereocenters. The Kier molecular flexibility index (Phi) is 6.20. The summed E-state index contributed by atoms with van der Waals surface area (Å²) in [6, 6.07) is 18.4. The number of rotatable bonds is 7. The van der Waals surface area contributed by atoms with Crippen molar-refractivity contribution in [2.24, 2.45) is 0 Å². The first-order valence-corrected chi connectivity index (χ1v) is 12.1. The summed E-state index contributed by atoms with van der Waals surface area (Å²) in [5.41, 5.74) is 2.80. The first-order valence-electron chi connectivity index (χ1n) is 10.6. The Labute approximate surface area is 193 Å². The highest BCUT2D eigenvalue weighted by molar-refractivity contribution is 7.92. The number of nitrogens with one attached hydrogen (secondary N) is 3. The predicted molar refractivity (Wildman–Crippen MR) is 128 cm³/mol. The van der Waals surface area contributed by atoms with E-state index < -0.39 is 15.9 Å². The maximum absolute atomic E-state index is 13.0. The minimum atomic E-state index is -3.89. The lowest BCUT2D eigenvalue weighted by Crippen LogP contribution is -2.25. The maximum Gasteiger partial charge on any atom is 0.262 e. The van der Waals surface area contributed by atoms with Crippen LogP contribution in [0.5, 0.6) is 0 Å². The third-order valence-corrected chi connectivity index (χ3v) is 6.87. The summed E-state index contributed by atoms with van der Waals surface area (Å²) in [5, 5.41) is 5.67. The summed E-state index contributed by atoms with van der Waals surface area (Å²) in [5.74, 6) is -0.606. The van der Waals surface area contributed by atoms with E-state index in [-0.39, 0.29) is 28.1 Å². The Hall–Kier alpha value is -3.65. The summed E-state index contributed by atoms with van der Waals surface area (Å²) in [6.45, 7) is 3.54. The summed E-state index contributed by atoms with van der Waals surface area (Å²) in [7, 11) is -3.89. The Morgan fingerprint density at radius 3 is 2.27 bits per heavy atom. The lowest BCUT2D eigenvalue weighted by molar-refractivity contribution is 0.0950. The third-order valence-electron chi connectivity index (χ3n) is 5.37. The van der Waals surface area contributed by atoms with Gasteiger partial charge in [-0.25, -0.2) is 8.42 Å². The monoisotopic (exact) mass is 463 g/mol. The fourth-order valence-corrected chi connectivity index (χ4v) is 4.78. The predicted octanol–water partition coefficient (Wildman–Crippen LogP) is 4.25. The fraction of sp³-hybridized carbons (Fsp3) is 0.200. The van der Waals surface area contributed by atoms with Crippen LogP contribution in [0.25, 0.3) is 0 Å². The van der Waals surface area contributed by atoms with Crippen LogP contribution in [0.3, 0.4) is 0 Å². The zero-order valence-corrected chi connectivity index (χ0v) is 19.2. The van der Waals surface area contributed by atoms with Crippen molar-refractivity contribution in [1.29, 1.82) is 0 Å². The highest BCUT2D eigenvalue weighted by atomic mass is 32.2. The van der Waals surface area contributed by atoms with Gasteiger partial charge in [0.15, 0.2) is 0 Å². The van der Waals surface area contributed by atoms with Crippen LogP contribution < -0.4 is 15.4 Å². The SMILES string of the molecule is Cc1ccc(C)c(S(=O)(=O)Nc2ccccc2C(=O)Nc2ccc(C(=O)NC3CC3)cc2)c1. The zero-order chi connectivity index (χ0) is 23.6. The molecule has 1 aliphatic carbocycles. The molecular weight excluding hydrogens is 438 g/mol. The standard InChI is InChI=1S/C25H25N3O4S/c1-16-7-8-17(2)23(15-16)33(31,32)28-22-6-4-3-5-21(22)25(30)27-19-11-9-18(10-12-19)24(29)26-20-13-14-20/h3-12,15,20,28H,13-14H2,1-2H3,(H,26,29)(H,27,30). The Bertz CT molecular complexity index is 1310. The van der Waals surface area contributed by atoms with Gasteiger partial charge in [0.1, 0.15) is 0 Å². The molecule has 1 saturated carbocycles. The van der Waals surface area contributed by atoms with Crippen LogP contribution in [0.2, 0.25) is 0 Å². The van der Waals surface area contributed by atoms with Gasteiger partial charge in [-0.1, -0.05) is 24.3 Å². The number of hydrogen-bond acceptors (Lipinski definition) is 4. The topological polar surface area (TPSA) is 104 Å². The molecule has 3 aromatic carbocycles. The second kappa shape index (κ2) is 9.07. The van der Waals surface area contributed by atoms with Gasteiger partial charge in [0.2, 0.25) is 0 Å². The van der Waals surface area contributed by atoms with Crippen LogP contribution >= 0.6 is 0 Å². The van der Waals surface area contributed by atoms with Gasteiger partial charge in [-0.05, 0) is 80.3 Å². The van der Waals surface area contributed by atoms with E-state index in [0.717, 1.165) is 18.4 Å². The van der Waals surface area contributed by atoms with E-state index >= 15 is 0 Å². The minimum Gasteiger partial charge on any atom is -0.349 e. The fourth-order valence-electron chi connectivity index (χ4n) is 3.37. The van der Waals surface area contributed by atoms with Crippen molar-refractivity contribution in [3.63, 3.8) is 0 Å². The molecule has 0 radical (unpaired) electrons. The first kappa shape index (κ1) is 22.5. The highest BCUT2D eigenvalue weighted by Gasteiger charge is 2.24. The van der Waals surface area contributed by atoms with Gasteiger partial charge in [0, 0.05) is 17.3 Å². The first-order chi connectivity index (χ1) is 15.7. The molecule has 2 amide bonds. The van der Waals surface area contributed by atoms with Crippen LogP contribution in [0.4, 0.5) is 11.4 Å². The number of amides is 2. The third kappa shape index (κ3) is 5.40. The molecule has 0 unspecified atom stereocenters. The minimum absolute atomic E-state index is 0.137. The Morgan fingerprint density at radius 2 is 1.58 bits per heavy atom. The van der Waals surface area contributed by atoms with E-state index in [9.17, 15) is 18.0 Å². The van der Waals surface area contributed by atoms with Gasteiger partial charge in [-0.2, -0.15) is 0 Å². The number of para-hydroxylation sites is 1. The molecule has 3 N–H and O–H groups in total. The number of benzene rings is 3. The van der Waals surface area contributed by atoms with E-state index in [1.165, 1.54) is 0 Å². The normalized spacial score (nSPS) is 13.3. The molecule has 170 valence electrons. The number of sulfonamides is 1. The van der Waals surface area contributed by atoms with Gasteiger partial charge in [0.05, 0.1) is 16.1 Å². The smallest absolute Gasteiger partial charge is 0.262 e. The molecule has 0 heterocycles. The number of carbonyl (C=O) groups is 2. The molecule has 8 heteroatoms. The molecule has 0 aliphatic heterocycles. The Balaban J connectivity index is 1.51. The van der Waals surface area contributed by atoms with Crippen LogP contribution in [-0.2, 0) is 10.0 Å². The average Bonchev–Trinajstić information content (AvgIpc) is 3.60. The lowest BCUT2D eigenvalue weighted by Gasteiger charge is -2.14. The van der Waals surface area contributed by atoms with Crippen molar-refractivity contribution in [1.82, 2.24) is 5.32 Å². The summed E-state index contributed by atoms with van der Waals surface area (Å²) >= 11 is 0. The summed E-state index contributed by atoms with van der Waals surface area (Å²) < 4.78 is 28.6. The zero-order valence-electron chi connectivity index (χ0n) is 18.4. The van der Waals surface area contributed by atoms with Gasteiger partial charge >= 0.3 is 0 Å². The van der Waals surface area contributed by atoms with Crippen molar-refractivity contribution in [2.75, 3.05) is 10.0 Å². The van der Waals surface area contributed by atoms with Gasteiger partial charge in [-0.15, -0.1) is 0 Å². The molecule has 1 fully saturated rings. The van der Waals surface area contributed by atoms with Crippen LogP contribution in [0, 0.1) is 13.8 Å². The highest BCUT2D eigenvalue weighted by Crippen LogP contribution is 2.24. The van der Waals surface area contributed by atoms with E-state index in [4.69, 9.17) is 0 Å². The molecule has 33 heavy (non-hydrogen) atoms. The van der Waals surface area contributed by atoms with Gasteiger partial charge < -0.3 is 10.6 Å². The van der Waals surface area contributed by atoms with Crippen LogP contribution in [0.15, 0.2) is 71.6 Å². The van der Waals surface area contributed by atoms with Crippen molar-refractivity contribution in [3.8, 4) is 0 Å². The lowest BCUT2D eigenvalue weighted by atomic mass is 10.1. The van der Waals surface area contributed by atoms with E-state index in [2.05, 4.69) is 15.4 Å². The molecule has 3 aromatic rings. The van der Waals surface area contributed by atoms with E-state index in [0.29, 0.717) is 16.8 Å². The number of anilines is 2. The molecule has 4 rings (SSSR count). The molecule has 7 nitrogen and oxygen atoms in total. The van der Waals surface area contributed by atoms with Crippen molar-refractivity contribution in [2.45, 2.75) is 37.6 Å². The van der Waals surface area contributed by atoms with Crippen molar-refractivity contribution < 1.29 is 18.0 Å². The van der Waals surface area contributed by atoms with Crippen LogP contribution in [-0.4, -0.2) is 26.3 Å². The molecule has 0 bridgehead atoms. The second-order valence-electron chi connectivity index (χ2n) is 8.20. The molecule has 1 aliphatic rings. The van der Waals surface area contributed by atoms with E-state index in [1.54, 1.807) is 67.6 Å². The van der Waals surface area contributed by atoms with E-state index in [1.807, 2.05) is 13.0 Å². The summed E-state index contributed by atoms with van der Waals surface area (Å²) in [4.78, 5) is 25.2. The quantitative estimate of drug-likeness (QED) is 0.487. The second-order valence-corrected chi connectivity index (χ2v) is 9.85. The molecular formula is C25H25N3O4S. The number of aryl methyl sites for hydroxylation is 2. The Morgan fingerprint density at radius 1 is 0.879 bits per heavy atom. The van der Waals surface area contributed by atoms with Crippen LogP contribution in [0.1, 0.15) is 44.7 Å². The van der Waals surface area contributed by atoms with Gasteiger partial charge in [-0.3, -0.25) is 14.3 Å². The van der Waals surface area contributed by atoms with Crippen molar-refractivity contribution >= 4 is 33.2 Å². The molecule has 0 spiro atoms. The van der Waals surface area contributed by atoms with Crippen molar-refractivity contribution in [3.05, 3.63) is 89.0 Å². The number of carbonyl (C=O) groups excluding carboxylic acids is 2. The number of hydrogen-bond donors (Lipinski definition) is 3. The molecule has 0 aromatic heterocycles. The summed E-state index contributed by atoms with van der Waals surface area (Å²) in [6.07, 6.45) is 2.01. The average molecular weight is 464 g/mol.